The highest BCUT2D eigenvalue weighted by molar-refractivity contribution is 5.94. The topological polar surface area (TPSA) is 96.1 Å². The highest BCUT2D eigenvalue weighted by Crippen LogP contribution is 2.27. The highest BCUT2D eigenvalue weighted by Gasteiger charge is 2.32. The van der Waals surface area contributed by atoms with Crippen LogP contribution in [0.4, 0.5) is 23.2 Å². The van der Waals surface area contributed by atoms with Crippen LogP contribution in [0.1, 0.15) is 22.1 Å². The van der Waals surface area contributed by atoms with E-state index in [1.54, 1.807) is 6.20 Å². The van der Waals surface area contributed by atoms with Crippen LogP contribution in [-0.4, -0.2) is 28.8 Å². The number of para-hydroxylation sites is 1. The van der Waals surface area contributed by atoms with Crippen molar-refractivity contribution < 1.29 is 27.1 Å². The molecule has 0 saturated heterocycles. The number of rotatable bonds is 3. The van der Waals surface area contributed by atoms with Gasteiger partial charge in [-0.1, -0.05) is 12.1 Å². The van der Waals surface area contributed by atoms with E-state index in [4.69, 9.17) is 0 Å². The summed E-state index contributed by atoms with van der Waals surface area (Å²) in [6.45, 7) is 0.613. The number of carbonyl (C=O) groups is 1. The van der Waals surface area contributed by atoms with E-state index < -0.39 is 17.9 Å². The second kappa shape index (κ2) is 9.28. The summed E-state index contributed by atoms with van der Waals surface area (Å²) in [6.07, 6.45) is -1.74. The quantitative estimate of drug-likeness (QED) is 0.547. The number of anilines is 1. The fourth-order valence-electron chi connectivity index (χ4n) is 2.72. The van der Waals surface area contributed by atoms with Crippen molar-refractivity contribution in [3.63, 3.8) is 0 Å². The Kier molecular flexibility index (Phi) is 6.53. The van der Waals surface area contributed by atoms with Gasteiger partial charge in [-0.3, -0.25) is 14.6 Å². The Hall–Kier alpha value is -3.89. The lowest BCUT2D eigenvalue weighted by atomic mass is 10.2. The molecule has 0 saturated carbocycles. The Morgan fingerprint density at radius 1 is 1.13 bits per heavy atom. The summed E-state index contributed by atoms with van der Waals surface area (Å²) >= 11 is 0. The monoisotopic (exact) mass is 436 g/mol. The average Bonchev–Trinajstić information content (AvgIpc) is 3.13. The third-order valence-corrected chi connectivity index (χ3v) is 4.08. The molecule has 0 bridgehead atoms. The maximum Gasteiger partial charge on any atom is 0.573 e. The molecular weight excluding hydrogens is 420 g/mol. The van der Waals surface area contributed by atoms with E-state index in [0.29, 0.717) is 12.1 Å². The first-order chi connectivity index (χ1) is 14.7. The van der Waals surface area contributed by atoms with E-state index in [-0.39, 0.29) is 17.5 Å². The van der Waals surface area contributed by atoms with Crippen LogP contribution in [0, 0.1) is 5.82 Å². The molecule has 2 aromatic heterocycles. The molecule has 0 spiro atoms. The molecule has 3 aromatic rings. The predicted octanol–water partition coefficient (Wildman–Crippen LogP) is 3.39. The normalized spacial score (nSPS) is 14.5. The van der Waals surface area contributed by atoms with Crippen molar-refractivity contribution in [1.29, 1.82) is 0 Å². The van der Waals surface area contributed by atoms with Crippen LogP contribution >= 0.6 is 0 Å². The molecule has 4 rings (SSSR count). The van der Waals surface area contributed by atoms with Gasteiger partial charge in [0, 0.05) is 25.0 Å². The zero-order chi connectivity index (χ0) is 22.4. The van der Waals surface area contributed by atoms with E-state index in [1.807, 2.05) is 12.1 Å². The van der Waals surface area contributed by atoms with Gasteiger partial charge < -0.3 is 20.4 Å². The van der Waals surface area contributed by atoms with Gasteiger partial charge in [0.2, 0.25) is 5.56 Å². The zero-order valence-corrected chi connectivity index (χ0v) is 15.7. The molecule has 1 aliphatic rings. The number of hydrogen-bond acceptors (Lipinski definition) is 5. The Morgan fingerprint density at radius 2 is 1.90 bits per heavy atom. The fourth-order valence-corrected chi connectivity index (χ4v) is 2.72. The lowest BCUT2D eigenvalue weighted by molar-refractivity contribution is -0.275. The minimum absolute atomic E-state index is 0.157. The van der Waals surface area contributed by atoms with Crippen molar-refractivity contribution in [2.75, 3.05) is 11.9 Å². The SMILES string of the molecule is Fc1ccccc1OC(F)(F)F.O=C(NC1CNc2cccnc21)c1ccc(=O)[nH]c1. The van der Waals surface area contributed by atoms with E-state index in [9.17, 15) is 27.2 Å². The minimum Gasteiger partial charge on any atom is -0.403 e. The van der Waals surface area contributed by atoms with Crippen molar-refractivity contribution in [3.05, 3.63) is 88.4 Å². The third-order valence-electron chi connectivity index (χ3n) is 4.08. The van der Waals surface area contributed by atoms with Crippen LogP contribution in [-0.2, 0) is 0 Å². The number of pyridine rings is 2. The Labute approximate surface area is 173 Å². The van der Waals surface area contributed by atoms with Crippen molar-refractivity contribution in [2.24, 2.45) is 0 Å². The molecule has 0 radical (unpaired) electrons. The minimum atomic E-state index is -4.85. The van der Waals surface area contributed by atoms with Gasteiger partial charge in [0.05, 0.1) is 23.0 Å². The average molecular weight is 436 g/mol. The first kappa shape index (κ1) is 21.8. The molecule has 1 unspecified atom stereocenters. The van der Waals surface area contributed by atoms with E-state index in [0.717, 1.165) is 23.5 Å². The lowest BCUT2D eigenvalue weighted by Crippen LogP contribution is -2.30. The van der Waals surface area contributed by atoms with Gasteiger partial charge in [-0.25, -0.2) is 4.39 Å². The highest BCUT2D eigenvalue weighted by atomic mass is 19.4. The fraction of sp³-hybridized carbons (Fsp3) is 0.150. The van der Waals surface area contributed by atoms with Gasteiger partial charge in [0.1, 0.15) is 0 Å². The summed E-state index contributed by atoms with van der Waals surface area (Å²) in [5.74, 6) is -2.08. The van der Waals surface area contributed by atoms with Crippen molar-refractivity contribution in [3.8, 4) is 5.75 Å². The summed E-state index contributed by atoms with van der Waals surface area (Å²) in [7, 11) is 0. The molecule has 0 fully saturated rings. The Balaban J connectivity index is 0.000000196. The Bertz CT molecular complexity index is 1100. The van der Waals surface area contributed by atoms with E-state index in [2.05, 4.69) is 25.3 Å². The number of nitrogens with one attached hydrogen (secondary N) is 3. The number of hydrogen-bond donors (Lipinski definition) is 3. The smallest absolute Gasteiger partial charge is 0.403 e. The summed E-state index contributed by atoms with van der Waals surface area (Å²) in [5.41, 5.74) is 1.96. The number of nitrogens with zero attached hydrogens (tertiary/aromatic N) is 1. The van der Waals surface area contributed by atoms with Gasteiger partial charge in [-0.2, -0.15) is 0 Å². The molecule has 162 valence electrons. The number of H-pyrrole nitrogens is 1. The number of benzene rings is 1. The van der Waals surface area contributed by atoms with Crippen molar-refractivity contribution in [2.45, 2.75) is 12.4 Å². The number of fused-ring (bicyclic) bond motifs is 1. The molecule has 3 heterocycles. The maximum atomic E-state index is 12.5. The van der Waals surface area contributed by atoms with E-state index >= 15 is 0 Å². The molecule has 0 aliphatic carbocycles. The largest absolute Gasteiger partial charge is 0.573 e. The molecule has 1 aromatic carbocycles. The number of amides is 1. The predicted molar refractivity (Wildman–Crippen MR) is 103 cm³/mol. The lowest BCUT2D eigenvalue weighted by Gasteiger charge is -2.11. The zero-order valence-electron chi connectivity index (χ0n) is 15.7. The van der Waals surface area contributed by atoms with E-state index in [1.165, 1.54) is 30.5 Å². The number of alkyl halides is 3. The number of ether oxygens (including phenoxy) is 1. The number of carbonyl (C=O) groups excluding carboxylic acids is 1. The van der Waals surface area contributed by atoms with Crippen molar-refractivity contribution in [1.82, 2.24) is 15.3 Å². The summed E-state index contributed by atoms with van der Waals surface area (Å²) in [6, 6.07) is 10.8. The van der Waals surface area contributed by atoms with Gasteiger partial charge in [0.25, 0.3) is 5.91 Å². The van der Waals surface area contributed by atoms with Gasteiger partial charge >= 0.3 is 6.36 Å². The maximum absolute atomic E-state index is 12.5. The summed E-state index contributed by atoms with van der Waals surface area (Å²) in [4.78, 5) is 29.7. The van der Waals surface area contributed by atoms with Gasteiger partial charge in [-0.05, 0) is 30.3 Å². The first-order valence-electron chi connectivity index (χ1n) is 8.91. The van der Waals surface area contributed by atoms with Crippen LogP contribution in [0.5, 0.6) is 5.75 Å². The molecule has 7 nitrogen and oxygen atoms in total. The van der Waals surface area contributed by atoms with Crippen LogP contribution in [0.25, 0.3) is 0 Å². The standard InChI is InChI=1S/C13H12N4O2.C7H4F4O/c18-11-4-3-8(6-16-11)13(19)17-10-7-15-9-2-1-5-14-12(9)10;8-5-3-1-2-4-6(5)12-7(9,10)11/h1-6,10,15H,7H2,(H,16,18)(H,17,19);1-4H. The molecular formula is C20H16F4N4O3. The molecule has 11 heteroatoms. The van der Waals surface area contributed by atoms with Crippen molar-refractivity contribution >= 4 is 11.6 Å². The van der Waals surface area contributed by atoms with Crippen LogP contribution in [0.2, 0.25) is 0 Å². The number of aromatic amines is 1. The summed E-state index contributed by atoms with van der Waals surface area (Å²) < 4.78 is 50.4. The Morgan fingerprint density at radius 3 is 2.58 bits per heavy atom. The number of halogens is 4. The number of aromatic nitrogens is 2. The van der Waals surface area contributed by atoms with Crippen LogP contribution in [0.15, 0.2) is 65.7 Å². The molecule has 1 aliphatic heterocycles. The first-order valence-corrected chi connectivity index (χ1v) is 8.91. The second-order valence-corrected chi connectivity index (χ2v) is 6.26. The van der Waals surface area contributed by atoms with Gasteiger partial charge in [0.15, 0.2) is 11.6 Å². The third kappa shape index (κ3) is 6.04. The summed E-state index contributed by atoms with van der Waals surface area (Å²) in [5, 5.41) is 6.07. The molecule has 1 amide bonds. The van der Waals surface area contributed by atoms with Gasteiger partial charge in [-0.15, -0.1) is 13.2 Å². The van der Waals surface area contributed by atoms with Crippen LogP contribution < -0.4 is 20.9 Å². The van der Waals surface area contributed by atoms with Crippen LogP contribution in [0.3, 0.4) is 0 Å². The second-order valence-electron chi connectivity index (χ2n) is 6.26. The molecule has 3 N–H and O–H groups in total. The molecule has 1 atom stereocenters. The molecule has 31 heavy (non-hydrogen) atoms.